The number of aryl methyl sites for hydroxylation is 1. The molecule has 0 unspecified atom stereocenters. The lowest BCUT2D eigenvalue weighted by Crippen LogP contribution is -2.31. The number of amides is 1. The second-order valence-electron chi connectivity index (χ2n) is 7.37. The summed E-state index contributed by atoms with van der Waals surface area (Å²) in [4.78, 5) is 14.7. The third kappa shape index (κ3) is 5.63. The molecule has 0 heterocycles. The van der Waals surface area contributed by atoms with Crippen molar-refractivity contribution in [3.8, 4) is 11.5 Å². The Morgan fingerprint density at radius 2 is 1.33 bits per heavy atom. The van der Waals surface area contributed by atoms with Crippen molar-refractivity contribution >= 4 is 5.91 Å². The van der Waals surface area contributed by atoms with Gasteiger partial charge in [-0.3, -0.25) is 4.79 Å². The molecule has 30 heavy (non-hydrogen) atoms. The van der Waals surface area contributed by atoms with Gasteiger partial charge in [0.15, 0.2) is 0 Å². The molecule has 4 nitrogen and oxygen atoms in total. The summed E-state index contributed by atoms with van der Waals surface area (Å²) in [5.41, 5.74) is 3.44. The average molecular weight is 404 g/mol. The number of likely N-dealkylation sites (N-methyl/N-ethyl adjacent to an activating group) is 1. The first-order valence-corrected chi connectivity index (χ1v) is 10.2. The molecule has 0 aliphatic carbocycles. The fourth-order valence-electron chi connectivity index (χ4n) is 3.60. The molecule has 0 aliphatic heterocycles. The van der Waals surface area contributed by atoms with Crippen molar-refractivity contribution in [1.29, 1.82) is 0 Å². The first-order valence-electron chi connectivity index (χ1n) is 10.2. The molecule has 0 fully saturated rings. The molecule has 0 atom stereocenters. The summed E-state index contributed by atoms with van der Waals surface area (Å²) in [6.07, 6.45) is 1.07. The smallest absolute Gasteiger partial charge is 0.222 e. The van der Waals surface area contributed by atoms with E-state index in [2.05, 4.69) is 24.3 Å². The van der Waals surface area contributed by atoms with Crippen LogP contribution >= 0.6 is 0 Å². The maximum atomic E-state index is 12.9. The number of benzene rings is 3. The van der Waals surface area contributed by atoms with Crippen LogP contribution in [0.4, 0.5) is 0 Å². The van der Waals surface area contributed by atoms with E-state index in [1.807, 2.05) is 66.5 Å². The third-order valence-electron chi connectivity index (χ3n) is 5.32. The number of rotatable bonds is 9. The summed E-state index contributed by atoms with van der Waals surface area (Å²) in [6.45, 7) is 0.633. The second kappa shape index (κ2) is 10.5. The molecule has 0 bridgehead atoms. The summed E-state index contributed by atoms with van der Waals surface area (Å²) in [5, 5.41) is 0. The zero-order chi connectivity index (χ0) is 21.3. The molecule has 1 amide bonds. The molecule has 3 aromatic rings. The van der Waals surface area contributed by atoms with Gasteiger partial charge < -0.3 is 14.4 Å². The molecule has 156 valence electrons. The van der Waals surface area contributed by atoms with Gasteiger partial charge >= 0.3 is 0 Å². The van der Waals surface area contributed by atoms with E-state index in [0.717, 1.165) is 17.1 Å². The number of hydrogen-bond donors (Lipinski definition) is 0. The van der Waals surface area contributed by atoms with Crippen LogP contribution in [0.5, 0.6) is 11.5 Å². The molecule has 0 aliphatic rings. The lowest BCUT2D eigenvalue weighted by molar-refractivity contribution is -0.130. The average Bonchev–Trinajstić information content (AvgIpc) is 2.81. The van der Waals surface area contributed by atoms with Crippen LogP contribution in [0.1, 0.15) is 29.0 Å². The van der Waals surface area contributed by atoms with Crippen molar-refractivity contribution in [2.24, 2.45) is 0 Å². The van der Waals surface area contributed by atoms with Crippen molar-refractivity contribution in [3.63, 3.8) is 0 Å². The Hall–Kier alpha value is -3.27. The summed E-state index contributed by atoms with van der Waals surface area (Å²) in [6, 6.07) is 26.4. The Balaban J connectivity index is 1.69. The van der Waals surface area contributed by atoms with E-state index < -0.39 is 0 Å². The number of carbonyl (C=O) groups excluding carboxylic acids is 1. The van der Waals surface area contributed by atoms with Crippen molar-refractivity contribution in [2.45, 2.75) is 18.8 Å². The Labute approximate surface area is 179 Å². The van der Waals surface area contributed by atoms with Gasteiger partial charge in [0.1, 0.15) is 11.5 Å². The summed E-state index contributed by atoms with van der Waals surface area (Å²) < 4.78 is 10.7. The molecular formula is C26H29NO3. The highest BCUT2D eigenvalue weighted by Crippen LogP contribution is 2.26. The van der Waals surface area contributed by atoms with Gasteiger partial charge in [-0.05, 0) is 35.2 Å². The first-order chi connectivity index (χ1) is 14.6. The molecule has 0 spiro atoms. The van der Waals surface area contributed by atoms with Crippen LogP contribution in [0.25, 0.3) is 0 Å². The lowest BCUT2D eigenvalue weighted by Gasteiger charge is -2.25. The van der Waals surface area contributed by atoms with E-state index >= 15 is 0 Å². The van der Waals surface area contributed by atoms with Crippen molar-refractivity contribution < 1.29 is 14.3 Å². The van der Waals surface area contributed by atoms with Crippen LogP contribution in [-0.2, 0) is 11.2 Å². The minimum absolute atomic E-state index is 0.119. The monoisotopic (exact) mass is 403 g/mol. The minimum Gasteiger partial charge on any atom is -0.497 e. The summed E-state index contributed by atoms with van der Waals surface area (Å²) in [7, 11) is 5.14. The molecule has 0 saturated carbocycles. The zero-order valence-electron chi connectivity index (χ0n) is 17.9. The molecule has 0 saturated heterocycles. The van der Waals surface area contributed by atoms with E-state index in [0.29, 0.717) is 19.4 Å². The quantitative estimate of drug-likeness (QED) is 0.509. The molecule has 0 aromatic heterocycles. The predicted molar refractivity (Wildman–Crippen MR) is 120 cm³/mol. The van der Waals surface area contributed by atoms with Crippen LogP contribution in [0, 0.1) is 0 Å². The van der Waals surface area contributed by atoms with E-state index in [9.17, 15) is 4.79 Å². The minimum atomic E-state index is 0.119. The van der Waals surface area contributed by atoms with Gasteiger partial charge in [0.25, 0.3) is 0 Å². The van der Waals surface area contributed by atoms with Gasteiger partial charge in [0.05, 0.1) is 14.2 Å². The van der Waals surface area contributed by atoms with Gasteiger partial charge in [-0.2, -0.15) is 0 Å². The molecular weight excluding hydrogens is 374 g/mol. The van der Waals surface area contributed by atoms with Crippen LogP contribution in [-0.4, -0.2) is 38.6 Å². The van der Waals surface area contributed by atoms with Gasteiger partial charge in [-0.25, -0.2) is 0 Å². The largest absolute Gasteiger partial charge is 0.497 e. The fourth-order valence-corrected chi connectivity index (χ4v) is 3.60. The van der Waals surface area contributed by atoms with Crippen LogP contribution < -0.4 is 9.47 Å². The van der Waals surface area contributed by atoms with Gasteiger partial charge in [-0.1, -0.05) is 60.7 Å². The third-order valence-corrected chi connectivity index (χ3v) is 5.32. The molecule has 0 N–H and O–H groups in total. The molecule has 3 aromatic carbocycles. The van der Waals surface area contributed by atoms with E-state index in [-0.39, 0.29) is 11.8 Å². The Bertz CT molecular complexity index is 879. The molecule has 0 radical (unpaired) electrons. The number of nitrogens with zero attached hydrogens (tertiary/aromatic N) is 1. The SMILES string of the molecule is COc1cc(CCC(=O)N(C)CC(c2ccccc2)c2ccccc2)cc(OC)c1. The molecule has 4 heteroatoms. The highest BCUT2D eigenvalue weighted by Gasteiger charge is 2.19. The number of ether oxygens (including phenoxy) is 2. The summed E-state index contributed by atoms with van der Waals surface area (Å²) >= 11 is 0. The highest BCUT2D eigenvalue weighted by molar-refractivity contribution is 5.76. The topological polar surface area (TPSA) is 38.8 Å². The zero-order valence-corrected chi connectivity index (χ0v) is 17.9. The van der Waals surface area contributed by atoms with Crippen molar-refractivity contribution in [1.82, 2.24) is 4.90 Å². The normalized spacial score (nSPS) is 10.7. The maximum absolute atomic E-state index is 12.9. The Kier molecular flexibility index (Phi) is 7.50. The highest BCUT2D eigenvalue weighted by atomic mass is 16.5. The fraction of sp³-hybridized carbons (Fsp3) is 0.269. The van der Waals surface area contributed by atoms with Crippen molar-refractivity contribution in [2.75, 3.05) is 27.8 Å². The van der Waals surface area contributed by atoms with E-state index in [4.69, 9.17) is 9.47 Å². The first kappa shape index (κ1) is 21.4. The van der Waals surface area contributed by atoms with Crippen molar-refractivity contribution in [3.05, 3.63) is 95.6 Å². The second-order valence-corrected chi connectivity index (χ2v) is 7.37. The van der Waals surface area contributed by atoms with Crippen LogP contribution in [0.2, 0.25) is 0 Å². The Morgan fingerprint density at radius 1 is 0.833 bits per heavy atom. The van der Waals surface area contributed by atoms with Crippen LogP contribution in [0.3, 0.4) is 0 Å². The van der Waals surface area contributed by atoms with Gasteiger partial charge in [-0.15, -0.1) is 0 Å². The lowest BCUT2D eigenvalue weighted by atomic mass is 9.91. The standard InChI is InChI=1S/C26H29NO3/c1-27(26(28)15-14-20-16-23(29-2)18-24(17-20)30-3)19-25(21-10-6-4-7-11-21)22-12-8-5-9-13-22/h4-13,16-18,25H,14-15,19H2,1-3H3. The van der Waals surface area contributed by atoms with E-state index in [1.165, 1.54) is 11.1 Å². The van der Waals surface area contributed by atoms with Gasteiger partial charge in [0.2, 0.25) is 5.91 Å². The number of hydrogen-bond acceptors (Lipinski definition) is 3. The molecule has 3 rings (SSSR count). The van der Waals surface area contributed by atoms with Gasteiger partial charge in [0, 0.05) is 32.0 Å². The number of carbonyl (C=O) groups is 1. The van der Waals surface area contributed by atoms with E-state index in [1.54, 1.807) is 14.2 Å². The summed E-state index contributed by atoms with van der Waals surface area (Å²) in [5.74, 6) is 1.73. The maximum Gasteiger partial charge on any atom is 0.222 e. The predicted octanol–water partition coefficient (Wildman–Crippen LogP) is 4.93. The number of methoxy groups -OCH3 is 2. The Morgan fingerprint density at radius 3 is 1.80 bits per heavy atom. The van der Waals surface area contributed by atoms with Crippen LogP contribution in [0.15, 0.2) is 78.9 Å².